The van der Waals surface area contributed by atoms with Crippen molar-refractivity contribution in [1.82, 2.24) is 0 Å². The minimum absolute atomic E-state index is 0.977. The molecule has 2 aromatic rings. The van der Waals surface area contributed by atoms with E-state index in [-0.39, 0.29) is 0 Å². The molecule has 0 aliphatic carbocycles. The van der Waals surface area contributed by atoms with Gasteiger partial charge in [0, 0.05) is 0 Å². The van der Waals surface area contributed by atoms with Gasteiger partial charge in [-0.1, -0.05) is 32.9 Å². The van der Waals surface area contributed by atoms with Gasteiger partial charge in [-0.05, 0) is 55.2 Å². The Morgan fingerprint density at radius 1 is 1.06 bits per heavy atom. The lowest BCUT2D eigenvalue weighted by Crippen LogP contribution is -1.92. The second-order valence-electron chi connectivity index (χ2n) is 4.05. The van der Waals surface area contributed by atoms with E-state index in [1.54, 1.807) is 27.8 Å². The van der Waals surface area contributed by atoms with Crippen LogP contribution in [-0.2, 0) is 0 Å². The van der Waals surface area contributed by atoms with Crippen molar-refractivity contribution in [3.05, 3.63) is 32.6 Å². The summed E-state index contributed by atoms with van der Waals surface area (Å²) in [4.78, 5) is 1.29. The van der Waals surface area contributed by atoms with E-state index in [1.165, 1.54) is 27.1 Å². The van der Waals surface area contributed by atoms with E-state index >= 15 is 0 Å². The highest BCUT2D eigenvalue weighted by molar-refractivity contribution is 7.80. The van der Waals surface area contributed by atoms with Gasteiger partial charge in [0.2, 0.25) is 0 Å². The summed E-state index contributed by atoms with van der Waals surface area (Å²) < 4.78 is 6.38. The molecule has 17 heavy (non-hydrogen) atoms. The van der Waals surface area contributed by atoms with Gasteiger partial charge in [0.15, 0.2) is 0 Å². The lowest BCUT2D eigenvalue weighted by atomic mass is 10.0. The third-order valence-corrected chi connectivity index (χ3v) is 6.15. The predicted molar refractivity (Wildman–Crippen MR) is 79.2 cm³/mol. The van der Waals surface area contributed by atoms with E-state index in [0.717, 1.165) is 9.57 Å². The zero-order valence-corrected chi connectivity index (χ0v) is 12.7. The van der Waals surface area contributed by atoms with Gasteiger partial charge in [-0.15, -0.1) is 0 Å². The average Bonchev–Trinajstić information content (AvgIpc) is 2.59. The summed E-state index contributed by atoms with van der Waals surface area (Å²) in [6.45, 7) is 6.26. The van der Waals surface area contributed by atoms with E-state index in [1.807, 2.05) is 0 Å². The third-order valence-electron chi connectivity index (χ3n) is 2.77. The summed E-state index contributed by atoms with van der Waals surface area (Å²) in [5.74, 6) is 0.977. The molecule has 0 aliphatic rings. The normalized spacial score (nSPS) is 10.6. The molecule has 2 rings (SSSR count). The number of ether oxygens (including phenoxy) is 1. The third kappa shape index (κ3) is 2.30. The van der Waals surface area contributed by atoms with E-state index < -0.39 is 0 Å². The number of hydrogen-bond acceptors (Lipinski definition) is 4. The van der Waals surface area contributed by atoms with Gasteiger partial charge in [0.1, 0.15) is 9.57 Å². The molecule has 0 unspecified atom stereocenters. The van der Waals surface area contributed by atoms with Crippen molar-refractivity contribution in [2.75, 3.05) is 7.11 Å². The highest BCUT2D eigenvalue weighted by Crippen LogP contribution is 2.37. The Hall–Kier alpha value is -0.710. The summed E-state index contributed by atoms with van der Waals surface area (Å²) in [5, 5.41) is 0. The number of benzene rings is 1. The first-order valence-electron chi connectivity index (χ1n) is 5.30. The quantitative estimate of drug-likeness (QED) is 0.557. The van der Waals surface area contributed by atoms with Crippen molar-refractivity contribution in [2.24, 2.45) is 0 Å². The maximum absolute atomic E-state index is 5.39. The summed E-state index contributed by atoms with van der Waals surface area (Å²) >= 11 is 5.29. The first kappa shape index (κ1) is 12.7. The van der Waals surface area contributed by atoms with Crippen LogP contribution < -0.4 is 4.74 Å². The second-order valence-corrected chi connectivity index (χ2v) is 6.87. The molecule has 0 atom stereocenters. The van der Waals surface area contributed by atoms with Gasteiger partial charge >= 0.3 is 0 Å². The monoisotopic (exact) mass is 282 g/mol. The fourth-order valence-electron chi connectivity index (χ4n) is 1.97. The van der Waals surface area contributed by atoms with E-state index in [4.69, 9.17) is 17.0 Å². The minimum Gasteiger partial charge on any atom is -0.496 e. The number of aryl methyl sites for hydroxylation is 2. The van der Waals surface area contributed by atoms with Gasteiger partial charge in [-0.3, -0.25) is 0 Å². The molecule has 0 saturated carbocycles. The molecule has 1 nitrogen and oxygen atoms in total. The number of hydrogen-bond donors (Lipinski definition) is 0. The van der Waals surface area contributed by atoms with E-state index in [9.17, 15) is 0 Å². The van der Waals surface area contributed by atoms with Crippen LogP contribution in [0, 0.1) is 24.6 Å². The number of rotatable bonds is 2. The number of methoxy groups -OCH3 is 1. The zero-order chi connectivity index (χ0) is 12.6. The molecule has 1 aromatic heterocycles. The topological polar surface area (TPSA) is 9.23 Å². The van der Waals surface area contributed by atoms with E-state index in [2.05, 4.69) is 32.9 Å². The fraction of sp³-hybridized carbons (Fsp3) is 0.308. The first-order chi connectivity index (χ1) is 8.04. The van der Waals surface area contributed by atoms with Crippen molar-refractivity contribution in [3.63, 3.8) is 0 Å². The fourth-order valence-corrected chi connectivity index (χ4v) is 4.85. The van der Waals surface area contributed by atoms with Crippen LogP contribution >= 0.6 is 32.9 Å². The Balaban J connectivity index is 2.62. The van der Waals surface area contributed by atoms with Crippen molar-refractivity contribution in [1.29, 1.82) is 0 Å². The van der Waals surface area contributed by atoms with Crippen LogP contribution in [0.25, 0.3) is 10.4 Å². The van der Waals surface area contributed by atoms with Crippen LogP contribution in [-0.4, -0.2) is 7.11 Å². The summed E-state index contributed by atoms with van der Waals surface area (Å²) in [6.07, 6.45) is 0. The van der Waals surface area contributed by atoms with Gasteiger partial charge in [-0.2, -0.15) is 0 Å². The Morgan fingerprint density at radius 2 is 1.65 bits per heavy atom. The molecule has 4 heteroatoms. The maximum atomic E-state index is 5.39. The SMILES string of the molecule is COc1c(C)cc(-c2ssc(=S)c2C)cc1C. The highest BCUT2D eigenvalue weighted by atomic mass is 32.9. The Labute approximate surface area is 114 Å². The molecule has 0 amide bonds. The second kappa shape index (κ2) is 4.88. The maximum Gasteiger partial charge on any atom is 0.124 e. The summed E-state index contributed by atoms with van der Waals surface area (Å²) in [6, 6.07) is 4.35. The largest absolute Gasteiger partial charge is 0.496 e. The average molecular weight is 282 g/mol. The molecule has 0 spiro atoms. The van der Waals surface area contributed by atoms with Crippen LogP contribution in [0.4, 0.5) is 0 Å². The van der Waals surface area contributed by atoms with Gasteiger partial charge in [0.25, 0.3) is 0 Å². The Kier molecular flexibility index (Phi) is 3.66. The molecule has 90 valence electrons. The highest BCUT2D eigenvalue weighted by Gasteiger charge is 2.10. The van der Waals surface area contributed by atoms with Gasteiger partial charge in [-0.25, -0.2) is 0 Å². The van der Waals surface area contributed by atoms with Gasteiger partial charge < -0.3 is 4.74 Å². The van der Waals surface area contributed by atoms with Crippen molar-refractivity contribution >= 4 is 32.9 Å². The summed E-state index contributed by atoms with van der Waals surface area (Å²) in [7, 11) is 5.15. The Morgan fingerprint density at radius 3 is 2.06 bits per heavy atom. The molecule has 0 bridgehead atoms. The standard InChI is InChI=1S/C13H14OS3/c1-7-5-10(6-8(2)11(7)14-4)12-9(3)13(15)17-16-12/h5-6H,1-4H3. The minimum atomic E-state index is 0.977. The molecular weight excluding hydrogens is 268 g/mol. The Bertz CT molecular complexity index is 584. The molecule has 0 radical (unpaired) electrons. The molecule has 1 aromatic carbocycles. The van der Waals surface area contributed by atoms with Crippen LogP contribution in [0.15, 0.2) is 12.1 Å². The molecule has 0 N–H and O–H groups in total. The smallest absolute Gasteiger partial charge is 0.124 e. The molecule has 1 heterocycles. The molecule has 0 aliphatic heterocycles. The van der Waals surface area contributed by atoms with Crippen LogP contribution in [0.3, 0.4) is 0 Å². The van der Waals surface area contributed by atoms with Crippen LogP contribution in [0.2, 0.25) is 0 Å². The first-order valence-corrected chi connectivity index (χ1v) is 7.85. The van der Waals surface area contributed by atoms with Crippen molar-refractivity contribution in [3.8, 4) is 16.2 Å². The van der Waals surface area contributed by atoms with Crippen molar-refractivity contribution < 1.29 is 4.74 Å². The van der Waals surface area contributed by atoms with Gasteiger partial charge in [0.05, 0.1) is 12.0 Å². The zero-order valence-electron chi connectivity index (χ0n) is 10.3. The van der Waals surface area contributed by atoms with Crippen molar-refractivity contribution in [2.45, 2.75) is 20.8 Å². The van der Waals surface area contributed by atoms with Crippen LogP contribution in [0.1, 0.15) is 16.7 Å². The molecule has 0 saturated heterocycles. The van der Waals surface area contributed by atoms with Crippen LogP contribution in [0.5, 0.6) is 5.75 Å². The molecule has 0 fully saturated rings. The lowest BCUT2D eigenvalue weighted by molar-refractivity contribution is 0.408. The lowest BCUT2D eigenvalue weighted by Gasteiger charge is -2.10. The predicted octanol–water partition coefficient (Wildman–Crippen LogP) is 5.14. The summed E-state index contributed by atoms with van der Waals surface area (Å²) in [5.41, 5.74) is 4.81. The molecular formula is C13H14OS3. The van der Waals surface area contributed by atoms with E-state index in [0.29, 0.717) is 0 Å².